The first kappa shape index (κ1) is 13.3. The van der Waals surface area contributed by atoms with Crippen LogP contribution >= 0.6 is 0 Å². The highest BCUT2D eigenvalue weighted by molar-refractivity contribution is 4.81. The third-order valence-corrected chi connectivity index (χ3v) is 3.96. The molecule has 0 aliphatic carbocycles. The van der Waals surface area contributed by atoms with Crippen molar-refractivity contribution in [2.75, 3.05) is 46.4 Å². The smallest absolute Gasteiger partial charge is 0.0829 e. The minimum Gasteiger partial charge on any atom is -0.390 e. The fourth-order valence-corrected chi connectivity index (χ4v) is 2.77. The summed E-state index contributed by atoms with van der Waals surface area (Å²) in [5.41, 5.74) is -0.459. The summed E-state index contributed by atoms with van der Waals surface area (Å²) in [6, 6.07) is 0. The van der Waals surface area contributed by atoms with Gasteiger partial charge in [0.2, 0.25) is 0 Å². The summed E-state index contributed by atoms with van der Waals surface area (Å²) in [7, 11) is 2.16. The second-order valence-electron chi connectivity index (χ2n) is 5.91. The summed E-state index contributed by atoms with van der Waals surface area (Å²) in [6.45, 7) is 8.00. The van der Waals surface area contributed by atoms with Gasteiger partial charge >= 0.3 is 0 Å². The number of nitrogens with zero attached hydrogens (tertiary/aromatic N) is 2. The Bertz CT molecular complexity index is 246. The van der Waals surface area contributed by atoms with E-state index in [2.05, 4.69) is 16.8 Å². The molecule has 4 nitrogen and oxygen atoms in total. The van der Waals surface area contributed by atoms with E-state index in [1.54, 1.807) is 0 Å². The van der Waals surface area contributed by atoms with Crippen molar-refractivity contribution in [1.82, 2.24) is 9.80 Å². The molecule has 0 radical (unpaired) electrons. The summed E-state index contributed by atoms with van der Waals surface area (Å²) in [5.74, 6) is 0. The molecule has 0 amide bonds. The molecule has 2 atom stereocenters. The zero-order valence-corrected chi connectivity index (χ0v) is 11.2. The predicted molar refractivity (Wildman–Crippen MR) is 68.2 cm³/mol. The molecule has 2 fully saturated rings. The highest BCUT2D eigenvalue weighted by Crippen LogP contribution is 2.21. The van der Waals surface area contributed by atoms with Crippen molar-refractivity contribution in [3.8, 4) is 0 Å². The van der Waals surface area contributed by atoms with Crippen LogP contribution in [0.4, 0.5) is 0 Å². The van der Waals surface area contributed by atoms with E-state index in [9.17, 15) is 5.11 Å². The first-order valence-electron chi connectivity index (χ1n) is 6.80. The van der Waals surface area contributed by atoms with Crippen molar-refractivity contribution >= 4 is 0 Å². The fourth-order valence-electron chi connectivity index (χ4n) is 2.77. The standard InChI is InChI=1S/C13H26N2O2/c1-13(16)4-3-6-15(7-5-13)11-12-10-14(2)8-9-17-12/h12,16H,3-11H2,1-2H3. The monoisotopic (exact) mass is 242 g/mol. The van der Waals surface area contributed by atoms with E-state index in [0.29, 0.717) is 6.10 Å². The van der Waals surface area contributed by atoms with E-state index in [1.807, 2.05) is 6.92 Å². The summed E-state index contributed by atoms with van der Waals surface area (Å²) >= 11 is 0. The van der Waals surface area contributed by atoms with Gasteiger partial charge in [0.25, 0.3) is 0 Å². The Hall–Kier alpha value is -0.160. The summed E-state index contributed by atoms with van der Waals surface area (Å²) in [4.78, 5) is 4.79. The van der Waals surface area contributed by atoms with Crippen molar-refractivity contribution in [3.63, 3.8) is 0 Å². The molecular weight excluding hydrogens is 216 g/mol. The van der Waals surface area contributed by atoms with Gasteiger partial charge in [-0.3, -0.25) is 0 Å². The van der Waals surface area contributed by atoms with Crippen LogP contribution in [-0.4, -0.2) is 73.0 Å². The second kappa shape index (κ2) is 5.65. The number of likely N-dealkylation sites (N-methyl/N-ethyl adjacent to an activating group) is 1. The molecule has 2 unspecified atom stereocenters. The zero-order chi connectivity index (χ0) is 12.3. The van der Waals surface area contributed by atoms with Crippen LogP contribution < -0.4 is 0 Å². The van der Waals surface area contributed by atoms with Gasteiger partial charge in [-0.2, -0.15) is 0 Å². The number of likely N-dealkylation sites (tertiary alicyclic amines) is 1. The molecule has 0 aromatic rings. The lowest BCUT2D eigenvalue weighted by molar-refractivity contribution is -0.0362. The quantitative estimate of drug-likeness (QED) is 0.767. The van der Waals surface area contributed by atoms with E-state index < -0.39 is 5.60 Å². The highest BCUT2D eigenvalue weighted by atomic mass is 16.5. The van der Waals surface area contributed by atoms with Crippen LogP contribution in [0.15, 0.2) is 0 Å². The number of morpholine rings is 1. The average molecular weight is 242 g/mol. The maximum absolute atomic E-state index is 10.1. The molecule has 0 aromatic carbocycles. The molecular formula is C13H26N2O2. The highest BCUT2D eigenvalue weighted by Gasteiger charge is 2.27. The SMILES string of the molecule is CN1CCOC(CN2CCCC(C)(O)CC2)C1. The Labute approximate surface area is 105 Å². The van der Waals surface area contributed by atoms with Crippen molar-refractivity contribution < 1.29 is 9.84 Å². The van der Waals surface area contributed by atoms with E-state index in [0.717, 1.165) is 58.6 Å². The molecule has 0 aromatic heterocycles. The van der Waals surface area contributed by atoms with Gasteiger partial charge in [0.05, 0.1) is 18.3 Å². The minimum absolute atomic E-state index is 0.344. The van der Waals surface area contributed by atoms with Crippen LogP contribution in [0.1, 0.15) is 26.2 Å². The van der Waals surface area contributed by atoms with Gasteiger partial charge in [-0.15, -0.1) is 0 Å². The molecule has 0 spiro atoms. The lowest BCUT2D eigenvalue weighted by Crippen LogP contribution is -2.46. The van der Waals surface area contributed by atoms with Gasteiger partial charge < -0.3 is 19.6 Å². The normalized spacial score (nSPS) is 37.9. The molecule has 17 heavy (non-hydrogen) atoms. The maximum Gasteiger partial charge on any atom is 0.0829 e. The lowest BCUT2D eigenvalue weighted by Gasteiger charge is -2.33. The Balaban J connectivity index is 1.78. The molecule has 2 heterocycles. The van der Waals surface area contributed by atoms with Gasteiger partial charge in [-0.25, -0.2) is 0 Å². The largest absolute Gasteiger partial charge is 0.390 e. The first-order valence-corrected chi connectivity index (χ1v) is 6.80. The summed E-state index contributed by atoms with van der Waals surface area (Å²) in [5, 5.41) is 10.1. The van der Waals surface area contributed by atoms with Crippen molar-refractivity contribution in [2.24, 2.45) is 0 Å². The van der Waals surface area contributed by atoms with Gasteiger partial charge in [-0.05, 0) is 39.8 Å². The van der Waals surface area contributed by atoms with Gasteiger partial charge in [0.15, 0.2) is 0 Å². The Morgan fingerprint density at radius 3 is 2.88 bits per heavy atom. The fraction of sp³-hybridized carbons (Fsp3) is 1.00. The van der Waals surface area contributed by atoms with Crippen molar-refractivity contribution in [1.29, 1.82) is 0 Å². The maximum atomic E-state index is 10.1. The number of hydrogen-bond acceptors (Lipinski definition) is 4. The number of rotatable bonds is 2. The third-order valence-electron chi connectivity index (χ3n) is 3.96. The van der Waals surface area contributed by atoms with Gasteiger partial charge in [0, 0.05) is 26.2 Å². The average Bonchev–Trinajstić information content (AvgIpc) is 2.41. The number of aliphatic hydroxyl groups is 1. The molecule has 4 heteroatoms. The molecule has 0 saturated carbocycles. The van der Waals surface area contributed by atoms with Crippen LogP contribution in [-0.2, 0) is 4.74 Å². The van der Waals surface area contributed by atoms with Crippen LogP contribution in [0.25, 0.3) is 0 Å². The first-order chi connectivity index (χ1) is 8.05. The number of ether oxygens (including phenoxy) is 1. The Kier molecular flexibility index (Phi) is 4.42. The zero-order valence-electron chi connectivity index (χ0n) is 11.2. The number of hydrogen-bond donors (Lipinski definition) is 1. The molecule has 1 N–H and O–H groups in total. The molecule has 100 valence electrons. The van der Waals surface area contributed by atoms with E-state index >= 15 is 0 Å². The Morgan fingerprint density at radius 1 is 1.29 bits per heavy atom. The molecule has 2 aliphatic heterocycles. The molecule has 0 bridgehead atoms. The van der Waals surface area contributed by atoms with Crippen molar-refractivity contribution in [2.45, 2.75) is 37.9 Å². The van der Waals surface area contributed by atoms with Gasteiger partial charge in [-0.1, -0.05) is 0 Å². The minimum atomic E-state index is -0.459. The van der Waals surface area contributed by atoms with E-state index in [1.165, 1.54) is 0 Å². The van der Waals surface area contributed by atoms with E-state index in [4.69, 9.17) is 4.74 Å². The van der Waals surface area contributed by atoms with Crippen LogP contribution in [0.3, 0.4) is 0 Å². The second-order valence-corrected chi connectivity index (χ2v) is 5.91. The summed E-state index contributed by atoms with van der Waals surface area (Å²) in [6.07, 6.45) is 3.25. The topological polar surface area (TPSA) is 35.9 Å². The third kappa shape index (κ3) is 4.21. The van der Waals surface area contributed by atoms with Crippen molar-refractivity contribution in [3.05, 3.63) is 0 Å². The van der Waals surface area contributed by atoms with Crippen LogP contribution in [0, 0.1) is 0 Å². The van der Waals surface area contributed by atoms with Crippen LogP contribution in [0.2, 0.25) is 0 Å². The van der Waals surface area contributed by atoms with E-state index in [-0.39, 0.29) is 0 Å². The Morgan fingerprint density at radius 2 is 2.12 bits per heavy atom. The molecule has 2 saturated heterocycles. The lowest BCUT2D eigenvalue weighted by atomic mass is 9.98. The van der Waals surface area contributed by atoms with Crippen LogP contribution in [0.5, 0.6) is 0 Å². The molecule has 2 aliphatic rings. The van der Waals surface area contributed by atoms with Gasteiger partial charge in [0.1, 0.15) is 0 Å². The summed E-state index contributed by atoms with van der Waals surface area (Å²) < 4.78 is 5.80. The predicted octanol–water partition coefficient (Wildman–Crippen LogP) is 0.554. The molecule has 2 rings (SSSR count).